The van der Waals surface area contributed by atoms with Crippen molar-refractivity contribution in [3.05, 3.63) is 57.1 Å². The van der Waals surface area contributed by atoms with Gasteiger partial charge < -0.3 is 19.9 Å². The van der Waals surface area contributed by atoms with Crippen molar-refractivity contribution in [1.29, 1.82) is 0 Å². The first-order valence-electron chi connectivity index (χ1n) is 9.80. The van der Waals surface area contributed by atoms with E-state index in [1.165, 1.54) is 25.3 Å². The van der Waals surface area contributed by atoms with E-state index in [0.29, 0.717) is 43.3 Å². The van der Waals surface area contributed by atoms with E-state index in [2.05, 4.69) is 10.2 Å². The molecule has 3 rings (SSSR count). The maximum atomic E-state index is 12.5. The molecule has 164 valence electrons. The largest absolute Gasteiger partial charge is 0.490 e. The summed E-state index contributed by atoms with van der Waals surface area (Å²) >= 11 is 6.45. The number of anilines is 2. The minimum absolute atomic E-state index is 0.0784. The molecule has 0 aliphatic carbocycles. The number of carbonyl (C=O) groups is 2. The zero-order valence-electron chi connectivity index (χ0n) is 17.3. The Labute approximate surface area is 184 Å². The molecule has 0 unspecified atom stereocenters. The van der Waals surface area contributed by atoms with Gasteiger partial charge >= 0.3 is 5.69 Å². The summed E-state index contributed by atoms with van der Waals surface area (Å²) in [5.41, 5.74) is 1.13. The number of hydrogen-bond acceptors (Lipinski definition) is 6. The number of nitro benzene ring substituents is 1. The van der Waals surface area contributed by atoms with E-state index < -0.39 is 10.8 Å². The van der Waals surface area contributed by atoms with Crippen LogP contribution in [-0.2, 0) is 4.79 Å². The Morgan fingerprint density at radius 1 is 1.16 bits per heavy atom. The zero-order chi connectivity index (χ0) is 22.5. The fourth-order valence-corrected chi connectivity index (χ4v) is 3.74. The molecule has 9 nitrogen and oxygen atoms in total. The Bertz CT molecular complexity index is 1010. The number of halogens is 1. The molecule has 1 fully saturated rings. The Morgan fingerprint density at radius 2 is 1.87 bits per heavy atom. The summed E-state index contributed by atoms with van der Waals surface area (Å²) in [5, 5.41) is 14.3. The summed E-state index contributed by atoms with van der Waals surface area (Å²) < 4.78 is 4.96. The highest BCUT2D eigenvalue weighted by atomic mass is 35.5. The molecule has 0 atom stereocenters. The highest BCUT2D eigenvalue weighted by Gasteiger charge is 2.22. The van der Waals surface area contributed by atoms with E-state index >= 15 is 0 Å². The van der Waals surface area contributed by atoms with Crippen molar-refractivity contribution < 1.29 is 19.2 Å². The zero-order valence-corrected chi connectivity index (χ0v) is 18.0. The average molecular weight is 447 g/mol. The standard InChI is InChI=1S/C21H23ClN4O5/c1-3-20(27)25-10-8-24(9-11-25)17-6-5-15(13-16(17)22)23-21(28)14-4-7-19(31-2)18(12-14)26(29)30/h4-7,12-13H,3,8-11H2,1-2H3,(H,23,28). The van der Waals surface area contributed by atoms with Crippen LogP contribution >= 0.6 is 11.6 Å². The number of hydrogen-bond donors (Lipinski definition) is 1. The number of nitrogens with one attached hydrogen (secondary N) is 1. The van der Waals surface area contributed by atoms with Crippen LogP contribution in [0.3, 0.4) is 0 Å². The molecule has 1 aliphatic heterocycles. The summed E-state index contributed by atoms with van der Waals surface area (Å²) in [6.07, 6.45) is 0.493. The van der Waals surface area contributed by atoms with E-state index in [-0.39, 0.29) is 22.9 Å². The van der Waals surface area contributed by atoms with Crippen molar-refractivity contribution in [2.45, 2.75) is 13.3 Å². The topological polar surface area (TPSA) is 105 Å². The van der Waals surface area contributed by atoms with E-state index in [0.717, 1.165) is 5.69 Å². The summed E-state index contributed by atoms with van der Waals surface area (Å²) in [5.74, 6) is -0.279. The highest BCUT2D eigenvalue weighted by Crippen LogP contribution is 2.31. The lowest BCUT2D eigenvalue weighted by Crippen LogP contribution is -2.48. The monoisotopic (exact) mass is 446 g/mol. The van der Waals surface area contributed by atoms with E-state index in [4.69, 9.17) is 16.3 Å². The van der Waals surface area contributed by atoms with Crippen molar-refractivity contribution in [2.24, 2.45) is 0 Å². The van der Waals surface area contributed by atoms with Crippen molar-refractivity contribution in [3.8, 4) is 5.75 Å². The third-order valence-electron chi connectivity index (χ3n) is 5.12. The second-order valence-corrected chi connectivity index (χ2v) is 7.39. The lowest BCUT2D eigenvalue weighted by molar-refractivity contribution is -0.385. The average Bonchev–Trinajstić information content (AvgIpc) is 2.78. The molecular formula is C21H23ClN4O5. The second kappa shape index (κ2) is 9.65. The number of ether oxygens (including phenoxy) is 1. The summed E-state index contributed by atoms with van der Waals surface area (Å²) in [6.45, 7) is 4.47. The van der Waals surface area contributed by atoms with Crippen LogP contribution in [0.5, 0.6) is 5.75 Å². The molecule has 0 aromatic heterocycles. The first-order chi connectivity index (χ1) is 14.8. The van der Waals surface area contributed by atoms with Crippen molar-refractivity contribution >= 4 is 40.5 Å². The third-order valence-corrected chi connectivity index (χ3v) is 5.42. The summed E-state index contributed by atoms with van der Waals surface area (Å²) in [6, 6.07) is 9.17. The Morgan fingerprint density at radius 3 is 2.45 bits per heavy atom. The molecule has 31 heavy (non-hydrogen) atoms. The van der Waals surface area contributed by atoms with E-state index in [1.54, 1.807) is 12.1 Å². The van der Waals surface area contributed by atoms with E-state index in [9.17, 15) is 19.7 Å². The van der Waals surface area contributed by atoms with Gasteiger partial charge in [-0.05, 0) is 30.3 Å². The van der Waals surface area contributed by atoms with Crippen molar-refractivity contribution in [3.63, 3.8) is 0 Å². The first kappa shape index (κ1) is 22.4. The van der Waals surface area contributed by atoms with Gasteiger partial charge in [-0.1, -0.05) is 18.5 Å². The van der Waals surface area contributed by atoms with Crippen LogP contribution in [0.4, 0.5) is 17.1 Å². The molecule has 0 radical (unpaired) electrons. The van der Waals surface area contributed by atoms with Crippen LogP contribution < -0.4 is 15.0 Å². The second-order valence-electron chi connectivity index (χ2n) is 6.99. The Kier molecular flexibility index (Phi) is 6.96. The molecule has 1 aliphatic rings. The van der Waals surface area contributed by atoms with Gasteiger partial charge in [-0.25, -0.2) is 0 Å². The number of rotatable bonds is 6. The normalized spacial score (nSPS) is 13.6. The maximum Gasteiger partial charge on any atom is 0.311 e. The molecule has 1 N–H and O–H groups in total. The fraction of sp³-hybridized carbons (Fsp3) is 0.333. The fourth-order valence-electron chi connectivity index (χ4n) is 3.44. The van der Waals surface area contributed by atoms with E-state index in [1.807, 2.05) is 17.9 Å². The molecule has 1 heterocycles. The molecule has 2 amide bonds. The van der Waals surface area contributed by atoms with Gasteiger partial charge in [0.25, 0.3) is 5.91 Å². The van der Waals surface area contributed by atoms with Gasteiger partial charge in [-0.3, -0.25) is 19.7 Å². The molecule has 10 heteroatoms. The molecule has 0 bridgehead atoms. The molecule has 0 spiro atoms. The lowest BCUT2D eigenvalue weighted by Gasteiger charge is -2.36. The number of amides is 2. The Hall–Kier alpha value is -3.33. The van der Waals surface area contributed by atoms with Crippen LogP contribution in [-0.4, -0.2) is 54.9 Å². The number of methoxy groups -OCH3 is 1. The summed E-state index contributed by atoms with van der Waals surface area (Å²) in [4.78, 5) is 38.9. The number of piperazine rings is 1. The number of nitrogens with zero attached hydrogens (tertiary/aromatic N) is 3. The van der Waals surface area contributed by atoms with Gasteiger partial charge in [-0.15, -0.1) is 0 Å². The predicted molar refractivity (Wildman–Crippen MR) is 118 cm³/mol. The highest BCUT2D eigenvalue weighted by molar-refractivity contribution is 6.33. The molecular weight excluding hydrogens is 424 g/mol. The quantitative estimate of drug-likeness (QED) is 0.537. The van der Waals surface area contributed by atoms with Crippen LogP contribution in [0.25, 0.3) is 0 Å². The summed E-state index contributed by atoms with van der Waals surface area (Å²) in [7, 11) is 1.33. The van der Waals surface area contributed by atoms with Gasteiger partial charge in [0.1, 0.15) is 0 Å². The molecule has 1 saturated heterocycles. The maximum absolute atomic E-state index is 12.5. The van der Waals surface area contributed by atoms with Crippen LogP contribution in [0.2, 0.25) is 5.02 Å². The molecule has 2 aromatic rings. The first-order valence-corrected chi connectivity index (χ1v) is 10.2. The van der Waals surface area contributed by atoms with Crippen LogP contribution in [0.15, 0.2) is 36.4 Å². The van der Waals surface area contributed by atoms with Crippen molar-refractivity contribution in [1.82, 2.24) is 4.90 Å². The van der Waals surface area contributed by atoms with Gasteiger partial charge in [0, 0.05) is 49.9 Å². The SMILES string of the molecule is CCC(=O)N1CCN(c2ccc(NC(=O)c3ccc(OC)c([N+](=O)[O-])c3)cc2Cl)CC1. The minimum atomic E-state index is -0.602. The van der Waals surface area contributed by atoms with Crippen LogP contribution in [0.1, 0.15) is 23.7 Å². The number of nitro groups is 1. The van der Waals surface area contributed by atoms with Gasteiger partial charge in [0.2, 0.25) is 5.91 Å². The smallest absolute Gasteiger partial charge is 0.311 e. The van der Waals surface area contributed by atoms with Gasteiger partial charge in [-0.2, -0.15) is 0 Å². The van der Waals surface area contributed by atoms with Crippen molar-refractivity contribution in [2.75, 3.05) is 43.5 Å². The molecule has 0 saturated carbocycles. The predicted octanol–water partition coefficient (Wildman–Crippen LogP) is 3.57. The minimum Gasteiger partial charge on any atom is -0.490 e. The van der Waals surface area contributed by atoms with Crippen LogP contribution in [0, 0.1) is 10.1 Å². The third kappa shape index (κ3) is 5.05. The number of carbonyl (C=O) groups excluding carboxylic acids is 2. The molecule has 2 aromatic carbocycles. The van der Waals surface area contributed by atoms with Gasteiger partial charge in [0.15, 0.2) is 5.75 Å². The lowest BCUT2D eigenvalue weighted by atomic mass is 10.1. The Balaban J connectivity index is 1.69. The van der Waals surface area contributed by atoms with Gasteiger partial charge in [0.05, 0.1) is 22.7 Å². The number of benzene rings is 2.